The van der Waals surface area contributed by atoms with E-state index in [-0.39, 0.29) is 30.2 Å². The van der Waals surface area contributed by atoms with E-state index in [1.807, 2.05) is 18.7 Å². The topological polar surface area (TPSA) is 61.8 Å². The van der Waals surface area contributed by atoms with Crippen molar-refractivity contribution in [1.82, 2.24) is 19.8 Å². The zero-order chi connectivity index (χ0) is 24.8. The first kappa shape index (κ1) is 24.6. The van der Waals surface area contributed by atoms with Crippen LogP contribution in [0.5, 0.6) is 0 Å². The van der Waals surface area contributed by atoms with Crippen molar-refractivity contribution in [3.05, 3.63) is 18.0 Å². The number of halogens is 3. The molecule has 5 rings (SSSR count). The van der Waals surface area contributed by atoms with Gasteiger partial charge in [0.2, 0.25) is 5.95 Å². The second kappa shape index (κ2) is 9.41. The summed E-state index contributed by atoms with van der Waals surface area (Å²) >= 11 is 0. The Balaban J connectivity index is 1.07. The molecular formula is C25H36F3N5O2. The highest BCUT2D eigenvalue weighted by atomic mass is 19.4. The second-order valence-electron chi connectivity index (χ2n) is 11.4. The van der Waals surface area contributed by atoms with Gasteiger partial charge in [-0.1, -0.05) is 19.3 Å². The van der Waals surface area contributed by atoms with Gasteiger partial charge in [-0.2, -0.15) is 13.2 Å². The fourth-order valence-electron chi connectivity index (χ4n) is 6.69. The minimum atomic E-state index is -4.46. The average molecular weight is 496 g/mol. The average Bonchev–Trinajstić information content (AvgIpc) is 2.76. The maximum absolute atomic E-state index is 13.0. The van der Waals surface area contributed by atoms with Crippen LogP contribution in [0.15, 0.2) is 12.4 Å². The summed E-state index contributed by atoms with van der Waals surface area (Å²) in [5.74, 6) is 1.11. The summed E-state index contributed by atoms with van der Waals surface area (Å²) in [7, 11) is 0. The van der Waals surface area contributed by atoms with Crippen LogP contribution in [0.25, 0.3) is 0 Å². The Labute approximate surface area is 205 Å². The van der Waals surface area contributed by atoms with Gasteiger partial charge in [0.1, 0.15) is 6.10 Å². The van der Waals surface area contributed by atoms with E-state index in [0.717, 1.165) is 44.2 Å². The van der Waals surface area contributed by atoms with Crippen LogP contribution >= 0.6 is 0 Å². The molecule has 1 aromatic heterocycles. The predicted octanol–water partition coefficient (Wildman–Crippen LogP) is 4.58. The van der Waals surface area contributed by atoms with Gasteiger partial charge in [0.15, 0.2) is 0 Å². The minimum Gasteiger partial charge on any atom is -0.446 e. The molecule has 0 bridgehead atoms. The van der Waals surface area contributed by atoms with Gasteiger partial charge in [-0.15, -0.1) is 0 Å². The monoisotopic (exact) mass is 495 g/mol. The summed E-state index contributed by atoms with van der Waals surface area (Å²) in [4.78, 5) is 27.0. The number of ether oxygens (including phenoxy) is 1. The minimum absolute atomic E-state index is 0.0185. The number of carbonyl (C=O) groups excluding carboxylic acids is 1. The van der Waals surface area contributed by atoms with Gasteiger partial charge >= 0.3 is 12.3 Å². The van der Waals surface area contributed by atoms with Crippen molar-refractivity contribution in [3.63, 3.8) is 0 Å². The molecule has 2 saturated heterocycles. The molecule has 3 heterocycles. The van der Waals surface area contributed by atoms with Gasteiger partial charge in [0.05, 0.1) is 17.6 Å². The van der Waals surface area contributed by atoms with Gasteiger partial charge in [0, 0.05) is 50.5 Å². The van der Waals surface area contributed by atoms with E-state index in [0.29, 0.717) is 18.5 Å². The first-order valence-corrected chi connectivity index (χ1v) is 13.0. The summed E-state index contributed by atoms with van der Waals surface area (Å²) in [6.07, 6.45) is 5.63. The number of rotatable bonds is 4. The van der Waals surface area contributed by atoms with Crippen molar-refractivity contribution in [3.8, 4) is 0 Å². The fraction of sp³-hybridized carbons (Fsp3) is 0.800. The molecule has 2 saturated carbocycles. The Bertz CT molecular complexity index is 879. The molecule has 1 amide bonds. The number of likely N-dealkylation sites (tertiary alicyclic amines) is 1. The van der Waals surface area contributed by atoms with Crippen LogP contribution in [0.2, 0.25) is 0 Å². The number of amides is 1. The third-order valence-corrected chi connectivity index (χ3v) is 8.33. The highest BCUT2D eigenvalue weighted by Crippen LogP contribution is 2.50. The van der Waals surface area contributed by atoms with Gasteiger partial charge in [0.25, 0.3) is 0 Å². The van der Waals surface area contributed by atoms with Crippen molar-refractivity contribution in [2.75, 3.05) is 37.6 Å². The zero-order valence-corrected chi connectivity index (χ0v) is 20.6. The number of alkyl halides is 3. The first-order valence-electron chi connectivity index (χ1n) is 13.0. The Hall–Kier alpha value is -2.10. The molecule has 0 radical (unpaired) electrons. The van der Waals surface area contributed by atoms with Crippen LogP contribution in [0, 0.1) is 11.3 Å². The molecule has 35 heavy (non-hydrogen) atoms. The van der Waals surface area contributed by atoms with E-state index in [1.165, 1.54) is 38.6 Å². The lowest BCUT2D eigenvalue weighted by Gasteiger charge is -2.59. The van der Waals surface area contributed by atoms with Crippen LogP contribution in [-0.4, -0.2) is 76.8 Å². The largest absolute Gasteiger partial charge is 0.446 e. The van der Waals surface area contributed by atoms with Crippen molar-refractivity contribution in [1.29, 1.82) is 0 Å². The molecule has 0 aromatic carbocycles. The number of hydrogen-bond donors (Lipinski definition) is 0. The van der Waals surface area contributed by atoms with Crippen LogP contribution in [0.4, 0.5) is 23.9 Å². The SMILES string of the molecule is C[C@@H]1CN(c2ncc(C(F)(F)F)cn2)C[C@H](C)N1C(=O)OC1CC2(C1)CN(CC1CCCCC1)C2. The van der Waals surface area contributed by atoms with E-state index in [1.54, 1.807) is 4.90 Å². The molecule has 2 aliphatic carbocycles. The van der Waals surface area contributed by atoms with Gasteiger partial charge in [-0.05, 0) is 45.4 Å². The molecular weight excluding hydrogens is 459 g/mol. The Morgan fingerprint density at radius 1 is 1.06 bits per heavy atom. The standard InChI is InChI=1S/C25H36F3N5O2/c1-17-12-32(22-29-10-20(11-30-22)25(26,27)28)13-18(2)33(17)23(34)35-21-8-24(9-21)15-31(16-24)14-19-6-4-3-5-7-19/h10-11,17-19,21H,3-9,12-16H2,1-2H3/t17-,18+. The maximum atomic E-state index is 13.0. The summed E-state index contributed by atoms with van der Waals surface area (Å²) < 4.78 is 44.3. The lowest BCUT2D eigenvalue weighted by molar-refractivity contribution is -0.139. The number of piperazine rings is 1. The molecule has 194 valence electrons. The van der Waals surface area contributed by atoms with Crippen molar-refractivity contribution >= 4 is 12.0 Å². The van der Waals surface area contributed by atoms with E-state index < -0.39 is 11.7 Å². The van der Waals surface area contributed by atoms with Crippen molar-refractivity contribution in [2.45, 2.75) is 83.2 Å². The fourth-order valence-corrected chi connectivity index (χ4v) is 6.69. The summed E-state index contributed by atoms with van der Waals surface area (Å²) in [6, 6.07) is -0.332. The first-order chi connectivity index (χ1) is 16.6. The number of nitrogens with zero attached hydrogens (tertiary/aromatic N) is 5. The summed E-state index contributed by atoms with van der Waals surface area (Å²) in [5, 5.41) is 0. The Morgan fingerprint density at radius 2 is 1.66 bits per heavy atom. The van der Waals surface area contributed by atoms with Gasteiger partial charge in [-0.25, -0.2) is 14.8 Å². The smallest absolute Gasteiger partial charge is 0.419 e. The summed E-state index contributed by atoms with van der Waals surface area (Å²) in [5.41, 5.74) is -0.526. The van der Waals surface area contributed by atoms with Gasteiger partial charge in [-0.3, -0.25) is 4.90 Å². The molecule has 4 aliphatic rings. The quantitative estimate of drug-likeness (QED) is 0.610. The molecule has 0 unspecified atom stereocenters. The number of aromatic nitrogens is 2. The predicted molar refractivity (Wildman–Crippen MR) is 125 cm³/mol. The third kappa shape index (κ3) is 5.22. The van der Waals surface area contributed by atoms with E-state index in [2.05, 4.69) is 14.9 Å². The molecule has 2 atom stereocenters. The molecule has 7 nitrogen and oxygen atoms in total. The number of anilines is 1. The maximum Gasteiger partial charge on any atom is 0.419 e. The summed E-state index contributed by atoms with van der Waals surface area (Å²) in [6.45, 7) is 8.22. The van der Waals surface area contributed by atoms with Crippen LogP contribution in [0.3, 0.4) is 0 Å². The van der Waals surface area contributed by atoms with E-state index in [4.69, 9.17) is 4.74 Å². The second-order valence-corrected chi connectivity index (χ2v) is 11.4. The molecule has 1 aromatic rings. The third-order valence-electron chi connectivity index (χ3n) is 8.33. The van der Waals surface area contributed by atoms with Crippen LogP contribution in [-0.2, 0) is 10.9 Å². The normalized spacial score (nSPS) is 28.0. The van der Waals surface area contributed by atoms with Crippen molar-refractivity contribution in [2.24, 2.45) is 11.3 Å². The van der Waals surface area contributed by atoms with E-state index >= 15 is 0 Å². The van der Waals surface area contributed by atoms with Crippen LogP contribution in [0.1, 0.15) is 64.4 Å². The molecule has 0 N–H and O–H groups in total. The van der Waals surface area contributed by atoms with Gasteiger partial charge < -0.3 is 14.5 Å². The molecule has 10 heteroatoms. The zero-order valence-electron chi connectivity index (χ0n) is 20.6. The molecule has 1 spiro atoms. The lowest BCUT2D eigenvalue weighted by atomic mass is 9.61. The van der Waals surface area contributed by atoms with Crippen LogP contribution < -0.4 is 4.90 Å². The lowest BCUT2D eigenvalue weighted by Crippen LogP contribution is -2.65. The highest BCUT2D eigenvalue weighted by molar-refractivity contribution is 5.69. The Morgan fingerprint density at radius 3 is 2.23 bits per heavy atom. The number of carbonyl (C=O) groups is 1. The van der Waals surface area contributed by atoms with Crippen molar-refractivity contribution < 1.29 is 22.7 Å². The highest BCUT2D eigenvalue weighted by Gasteiger charge is 2.54. The Kier molecular flexibility index (Phi) is 6.61. The van der Waals surface area contributed by atoms with E-state index in [9.17, 15) is 18.0 Å². The molecule has 4 fully saturated rings. The molecule has 2 aliphatic heterocycles. The number of hydrogen-bond acceptors (Lipinski definition) is 6.